The summed E-state index contributed by atoms with van der Waals surface area (Å²) < 4.78 is 1.83. The van der Waals surface area contributed by atoms with Crippen molar-refractivity contribution in [2.45, 2.75) is 45.2 Å². The molecule has 2 amide bonds. The molecule has 2 fully saturated rings. The van der Waals surface area contributed by atoms with Crippen LogP contribution in [0.2, 0.25) is 0 Å². The van der Waals surface area contributed by atoms with Crippen LogP contribution in [0.3, 0.4) is 0 Å². The van der Waals surface area contributed by atoms with Crippen LogP contribution in [0.4, 0.5) is 0 Å². The second-order valence-electron chi connectivity index (χ2n) is 6.08. The van der Waals surface area contributed by atoms with Gasteiger partial charge in [0.25, 0.3) is 0 Å². The molecule has 6 nitrogen and oxygen atoms in total. The van der Waals surface area contributed by atoms with E-state index in [1.165, 1.54) is 0 Å². The van der Waals surface area contributed by atoms with E-state index in [-0.39, 0.29) is 17.7 Å². The van der Waals surface area contributed by atoms with Crippen LogP contribution in [0.15, 0.2) is 12.4 Å². The first kappa shape index (κ1) is 14.1. The third kappa shape index (κ3) is 3.43. The van der Waals surface area contributed by atoms with Crippen molar-refractivity contribution in [3.05, 3.63) is 18.0 Å². The Balaban J connectivity index is 1.45. The number of aromatic nitrogens is 2. The Morgan fingerprint density at radius 3 is 2.90 bits per heavy atom. The van der Waals surface area contributed by atoms with E-state index >= 15 is 0 Å². The Labute approximate surface area is 124 Å². The molecule has 1 N–H and O–H groups in total. The van der Waals surface area contributed by atoms with Gasteiger partial charge in [0, 0.05) is 31.7 Å². The maximum Gasteiger partial charge on any atom is 0.224 e. The number of hydrogen-bond donors (Lipinski definition) is 1. The number of nitrogens with zero attached hydrogens (tertiary/aromatic N) is 3. The highest BCUT2D eigenvalue weighted by Gasteiger charge is 2.38. The van der Waals surface area contributed by atoms with E-state index in [1.807, 2.05) is 28.9 Å². The van der Waals surface area contributed by atoms with Gasteiger partial charge in [-0.25, -0.2) is 0 Å². The van der Waals surface area contributed by atoms with Crippen molar-refractivity contribution in [1.29, 1.82) is 0 Å². The van der Waals surface area contributed by atoms with Gasteiger partial charge in [-0.15, -0.1) is 0 Å². The smallest absolute Gasteiger partial charge is 0.224 e. The minimum absolute atomic E-state index is 0.0531. The highest BCUT2D eigenvalue weighted by molar-refractivity contribution is 5.84. The average molecular weight is 290 g/mol. The predicted octanol–water partition coefficient (Wildman–Crippen LogP) is 0.709. The average Bonchev–Trinajstić information content (AvgIpc) is 3.22. The molecule has 3 rings (SSSR count). The Morgan fingerprint density at radius 1 is 1.43 bits per heavy atom. The molecule has 2 aliphatic rings. The van der Waals surface area contributed by atoms with Crippen molar-refractivity contribution in [1.82, 2.24) is 20.0 Å². The monoisotopic (exact) mass is 290 g/mol. The van der Waals surface area contributed by atoms with Gasteiger partial charge < -0.3 is 10.2 Å². The second-order valence-corrected chi connectivity index (χ2v) is 6.08. The lowest BCUT2D eigenvalue weighted by molar-refractivity contribution is -0.138. The molecular formula is C15H22N4O2. The van der Waals surface area contributed by atoms with Crippen molar-refractivity contribution in [3.8, 4) is 0 Å². The third-order valence-corrected chi connectivity index (χ3v) is 4.21. The molecule has 1 unspecified atom stereocenters. The SMILES string of the molecule is Cc1cnn(CCNC(=O)C2CCC(=O)N(C3CC3)C2)c1. The van der Waals surface area contributed by atoms with Gasteiger partial charge in [0.1, 0.15) is 0 Å². The van der Waals surface area contributed by atoms with Gasteiger partial charge in [-0.05, 0) is 31.7 Å². The normalized spacial score (nSPS) is 22.4. The number of rotatable bonds is 5. The first-order valence-corrected chi connectivity index (χ1v) is 7.70. The van der Waals surface area contributed by atoms with Gasteiger partial charge in [-0.1, -0.05) is 0 Å². The zero-order valence-corrected chi connectivity index (χ0v) is 12.4. The van der Waals surface area contributed by atoms with E-state index in [1.54, 1.807) is 0 Å². The van der Waals surface area contributed by atoms with Crippen LogP contribution in [-0.2, 0) is 16.1 Å². The number of aryl methyl sites for hydroxylation is 1. The molecule has 21 heavy (non-hydrogen) atoms. The van der Waals surface area contributed by atoms with Crippen LogP contribution in [-0.4, -0.2) is 45.6 Å². The number of carbonyl (C=O) groups is 2. The molecule has 1 aliphatic heterocycles. The molecule has 1 saturated carbocycles. The summed E-state index contributed by atoms with van der Waals surface area (Å²) in [4.78, 5) is 25.9. The Morgan fingerprint density at radius 2 is 2.24 bits per heavy atom. The molecule has 6 heteroatoms. The largest absolute Gasteiger partial charge is 0.354 e. The topological polar surface area (TPSA) is 67.2 Å². The number of nitrogens with one attached hydrogen (secondary N) is 1. The van der Waals surface area contributed by atoms with Gasteiger partial charge in [-0.3, -0.25) is 14.3 Å². The summed E-state index contributed by atoms with van der Waals surface area (Å²) in [6.45, 7) is 3.84. The van der Waals surface area contributed by atoms with Crippen LogP contribution in [0, 0.1) is 12.8 Å². The van der Waals surface area contributed by atoms with Gasteiger partial charge in [-0.2, -0.15) is 5.10 Å². The van der Waals surface area contributed by atoms with Crippen LogP contribution < -0.4 is 5.32 Å². The second kappa shape index (κ2) is 5.87. The summed E-state index contributed by atoms with van der Waals surface area (Å²) in [6, 6.07) is 0.403. The first-order valence-electron chi connectivity index (χ1n) is 7.70. The Bertz CT molecular complexity index is 536. The number of carbonyl (C=O) groups excluding carboxylic acids is 2. The molecule has 1 aromatic rings. The summed E-state index contributed by atoms with van der Waals surface area (Å²) in [5.41, 5.74) is 1.12. The maximum absolute atomic E-state index is 12.2. The molecule has 1 aromatic heterocycles. The number of hydrogen-bond acceptors (Lipinski definition) is 3. The minimum Gasteiger partial charge on any atom is -0.354 e. The van der Waals surface area contributed by atoms with E-state index in [4.69, 9.17) is 0 Å². The van der Waals surface area contributed by atoms with Crippen molar-refractivity contribution in [2.24, 2.45) is 5.92 Å². The molecule has 0 spiro atoms. The molecule has 0 radical (unpaired) electrons. The fourth-order valence-corrected chi connectivity index (χ4v) is 2.85. The molecule has 1 saturated heterocycles. The predicted molar refractivity (Wildman–Crippen MR) is 77.4 cm³/mol. The fourth-order valence-electron chi connectivity index (χ4n) is 2.85. The summed E-state index contributed by atoms with van der Waals surface area (Å²) in [5.74, 6) is 0.230. The zero-order chi connectivity index (χ0) is 14.8. The van der Waals surface area contributed by atoms with Crippen molar-refractivity contribution in [2.75, 3.05) is 13.1 Å². The van der Waals surface area contributed by atoms with Crippen molar-refractivity contribution in [3.63, 3.8) is 0 Å². The lowest BCUT2D eigenvalue weighted by Crippen LogP contribution is -2.47. The van der Waals surface area contributed by atoms with Crippen molar-refractivity contribution >= 4 is 11.8 Å². The lowest BCUT2D eigenvalue weighted by atomic mass is 9.96. The molecule has 0 bridgehead atoms. The van der Waals surface area contributed by atoms with Crippen molar-refractivity contribution < 1.29 is 9.59 Å². The highest BCUT2D eigenvalue weighted by atomic mass is 16.2. The molecule has 1 aliphatic carbocycles. The van der Waals surface area contributed by atoms with E-state index in [2.05, 4.69) is 10.4 Å². The molecule has 114 valence electrons. The van der Waals surface area contributed by atoms with E-state index in [0.29, 0.717) is 38.5 Å². The highest BCUT2D eigenvalue weighted by Crippen LogP contribution is 2.31. The van der Waals surface area contributed by atoms with Crippen LogP contribution in [0.1, 0.15) is 31.2 Å². The van der Waals surface area contributed by atoms with E-state index in [9.17, 15) is 9.59 Å². The maximum atomic E-state index is 12.2. The Hall–Kier alpha value is -1.85. The van der Waals surface area contributed by atoms with Gasteiger partial charge >= 0.3 is 0 Å². The molecule has 2 heterocycles. The van der Waals surface area contributed by atoms with Crippen LogP contribution >= 0.6 is 0 Å². The minimum atomic E-state index is -0.0531. The zero-order valence-electron chi connectivity index (χ0n) is 12.4. The van der Waals surface area contributed by atoms with Crippen LogP contribution in [0.25, 0.3) is 0 Å². The summed E-state index contributed by atoms with van der Waals surface area (Å²) >= 11 is 0. The molecule has 1 atom stereocenters. The fraction of sp³-hybridized carbons (Fsp3) is 0.667. The van der Waals surface area contributed by atoms with Crippen LogP contribution in [0.5, 0.6) is 0 Å². The van der Waals surface area contributed by atoms with Gasteiger partial charge in [0.05, 0.1) is 18.7 Å². The Kier molecular flexibility index (Phi) is 3.94. The number of likely N-dealkylation sites (tertiary alicyclic amines) is 1. The standard InChI is InChI=1S/C15H22N4O2/c1-11-8-17-18(9-11)7-6-16-15(21)12-2-5-14(20)19(10-12)13-3-4-13/h8-9,12-13H,2-7,10H2,1H3,(H,16,21). The van der Waals surface area contributed by atoms with E-state index < -0.39 is 0 Å². The number of amides is 2. The van der Waals surface area contributed by atoms with Gasteiger partial charge in [0.2, 0.25) is 11.8 Å². The summed E-state index contributed by atoms with van der Waals surface area (Å²) in [7, 11) is 0. The lowest BCUT2D eigenvalue weighted by Gasteiger charge is -2.32. The quantitative estimate of drug-likeness (QED) is 0.868. The van der Waals surface area contributed by atoms with E-state index in [0.717, 1.165) is 18.4 Å². The summed E-state index contributed by atoms with van der Waals surface area (Å²) in [6.07, 6.45) is 7.14. The molecular weight excluding hydrogens is 268 g/mol. The first-order chi connectivity index (χ1) is 10.1. The third-order valence-electron chi connectivity index (χ3n) is 4.21. The molecule has 0 aromatic carbocycles. The number of piperidine rings is 1. The van der Waals surface area contributed by atoms with Gasteiger partial charge in [0.15, 0.2) is 0 Å². The summed E-state index contributed by atoms with van der Waals surface area (Å²) in [5, 5.41) is 7.16.